The van der Waals surface area contributed by atoms with Crippen molar-refractivity contribution in [3.63, 3.8) is 0 Å². The Morgan fingerprint density at radius 3 is 1.94 bits per heavy atom. The van der Waals surface area contributed by atoms with Crippen molar-refractivity contribution in [1.82, 2.24) is 0 Å². The number of aromatic hydroxyl groups is 1. The van der Waals surface area contributed by atoms with Crippen LogP contribution in [0.2, 0.25) is 0 Å². The second kappa shape index (κ2) is 10.7. The highest BCUT2D eigenvalue weighted by Crippen LogP contribution is 2.38. The van der Waals surface area contributed by atoms with Gasteiger partial charge in [-0.3, -0.25) is 0 Å². The number of allylic oxidation sites excluding steroid dienone is 1. The maximum absolute atomic E-state index is 11.9. The van der Waals surface area contributed by atoms with E-state index in [0.717, 1.165) is 17.4 Å². The van der Waals surface area contributed by atoms with Crippen molar-refractivity contribution in [3.8, 4) is 39.5 Å². The van der Waals surface area contributed by atoms with Gasteiger partial charge >= 0.3 is 10.1 Å². The fraction of sp³-hybridized carbons (Fsp3) is 0.231. The van der Waals surface area contributed by atoms with Gasteiger partial charge in [-0.25, -0.2) is 0 Å². The van der Waals surface area contributed by atoms with Crippen molar-refractivity contribution in [1.29, 1.82) is 0 Å². The zero-order valence-electron chi connectivity index (χ0n) is 19.3. The van der Waals surface area contributed by atoms with Crippen LogP contribution in [-0.2, 0) is 23.3 Å². The number of benzene rings is 3. The largest absolute Gasteiger partial charge is 0.508 e. The Balaban J connectivity index is 2.11. The lowest BCUT2D eigenvalue weighted by Crippen LogP contribution is -2.08. The van der Waals surface area contributed by atoms with E-state index in [1.807, 2.05) is 19.9 Å². The molecule has 0 saturated heterocycles. The molecule has 180 valence electrons. The lowest BCUT2D eigenvalue weighted by atomic mass is 9.91. The monoisotopic (exact) mass is 484 g/mol. The topological polar surface area (TPSA) is 113 Å². The van der Waals surface area contributed by atoms with Crippen LogP contribution in [0.4, 0.5) is 0 Å². The normalized spacial score (nSPS) is 11.2. The summed E-state index contributed by atoms with van der Waals surface area (Å²) in [4.78, 5) is 0. The molecule has 0 unspecified atom stereocenters. The Morgan fingerprint density at radius 1 is 0.853 bits per heavy atom. The van der Waals surface area contributed by atoms with Gasteiger partial charge in [-0.1, -0.05) is 23.8 Å². The first-order valence-corrected chi connectivity index (χ1v) is 12.4. The molecule has 8 heteroatoms. The highest BCUT2D eigenvalue weighted by atomic mass is 32.2. The van der Waals surface area contributed by atoms with Crippen molar-refractivity contribution in [2.45, 2.75) is 27.1 Å². The first-order chi connectivity index (χ1) is 16.1. The van der Waals surface area contributed by atoms with E-state index in [9.17, 15) is 23.7 Å². The SMILES string of the molecule is CC(C)=CCOc1ccc(-c2cc(CO)c(-c3ccc(O)cc3)cc2CO)cc1OS(C)(=O)=O. The summed E-state index contributed by atoms with van der Waals surface area (Å²) in [6.07, 6.45) is 2.81. The van der Waals surface area contributed by atoms with Crippen molar-refractivity contribution < 1.29 is 32.7 Å². The number of aliphatic hydroxyl groups is 2. The highest BCUT2D eigenvalue weighted by molar-refractivity contribution is 7.86. The predicted octanol–water partition coefficient (Wildman–Crippen LogP) is 4.39. The molecule has 0 saturated carbocycles. The quantitative estimate of drug-likeness (QED) is 0.305. The first kappa shape index (κ1) is 25.3. The maximum Gasteiger partial charge on any atom is 0.306 e. The van der Waals surface area contributed by atoms with E-state index in [2.05, 4.69) is 0 Å². The number of ether oxygens (including phenoxy) is 1. The van der Waals surface area contributed by atoms with Crippen LogP contribution in [-0.4, -0.2) is 36.6 Å². The van der Waals surface area contributed by atoms with Gasteiger partial charge in [0.2, 0.25) is 0 Å². The van der Waals surface area contributed by atoms with Gasteiger partial charge in [0.15, 0.2) is 11.5 Å². The number of hydrogen-bond donors (Lipinski definition) is 3. The summed E-state index contributed by atoms with van der Waals surface area (Å²) in [5.74, 6) is 0.415. The van der Waals surface area contributed by atoms with Crippen LogP contribution < -0.4 is 8.92 Å². The fourth-order valence-electron chi connectivity index (χ4n) is 3.45. The summed E-state index contributed by atoms with van der Waals surface area (Å²) in [5.41, 5.74) is 4.92. The third kappa shape index (κ3) is 6.38. The zero-order chi connectivity index (χ0) is 24.9. The number of aliphatic hydroxyl groups excluding tert-OH is 2. The molecule has 0 bridgehead atoms. The van der Waals surface area contributed by atoms with E-state index in [0.29, 0.717) is 27.8 Å². The van der Waals surface area contributed by atoms with Gasteiger partial charge < -0.3 is 24.2 Å². The lowest BCUT2D eigenvalue weighted by molar-refractivity contribution is 0.279. The van der Waals surface area contributed by atoms with Gasteiger partial charge in [-0.2, -0.15) is 8.42 Å². The number of hydrogen-bond acceptors (Lipinski definition) is 7. The van der Waals surface area contributed by atoms with Crippen LogP contribution in [0.1, 0.15) is 25.0 Å². The Labute approximate surface area is 199 Å². The molecule has 3 rings (SSSR count). The molecule has 0 heterocycles. The molecule has 0 fully saturated rings. The molecule has 0 aliphatic carbocycles. The number of phenolic OH excluding ortho intramolecular Hbond substituents is 1. The minimum absolute atomic E-state index is 0.0270. The van der Waals surface area contributed by atoms with Crippen molar-refractivity contribution >= 4 is 10.1 Å². The fourth-order valence-corrected chi connectivity index (χ4v) is 3.91. The minimum Gasteiger partial charge on any atom is -0.508 e. The molecule has 0 amide bonds. The molecule has 0 aromatic heterocycles. The summed E-state index contributed by atoms with van der Waals surface area (Å²) < 4.78 is 34.6. The molecule has 0 spiro atoms. The molecule has 0 atom stereocenters. The third-order valence-electron chi connectivity index (χ3n) is 5.07. The Kier molecular flexibility index (Phi) is 7.98. The van der Waals surface area contributed by atoms with Crippen molar-refractivity contribution in [3.05, 3.63) is 77.4 Å². The van der Waals surface area contributed by atoms with Crippen LogP contribution in [0.3, 0.4) is 0 Å². The number of phenols is 1. The van der Waals surface area contributed by atoms with Crippen molar-refractivity contribution in [2.75, 3.05) is 12.9 Å². The van der Waals surface area contributed by atoms with Crippen molar-refractivity contribution in [2.24, 2.45) is 0 Å². The molecule has 7 nitrogen and oxygen atoms in total. The summed E-state index contributed by atoms with van der Waals surface area (Å²) >= 11 is 0. The van der Waals surface area contributed by atoms with Crippen LogP contribution in [0.5, 0.6) is 17.2 Å². The highest BCUT2D eigenvalue weighted by Gasteiger charge is 2.17. The summed E-state index contributed by atoms with van der Waals surface area (Å²) in [6, 6.07) is 14.9. The summed E-state index contributed by atoms with van der Waals surface area (Å²) in [5, 5.41) is 29.7. The van der Waals surface area contributed by atoms with Gasteiger partial charge in [0.25, 0.3) is 0 Å². The molecule has 3 N–H and O–H groups in total. The summed E-state index contributed by atoms with van der Waals surface area (Å²) in [7, 11) is -3.82. The Hall–Kier alpha value is -3.33. The van der Waals surface area contributed by atoms with Crippen LogP contribution in [0.15, 0.2) is 66.2 Å². The van der Waals surface area contributed by atoms with Crippen LogP contribution in [0, 0.1) is 0 Å². The zero-order valence-corrected chi connectivity index (χ0v) is 20.1. The average Bonchev–Trinajstić information content (AvgIpc) is 2.78. The van der Waals surface area contributed by atoms with Gasteiger partial charge in [-0.05, 0) is 89.7 Å². The molecule has 34 heavy (non-hydrogen) atoms. The molecule has 3 aromatic carbocycles. The lowest BCUT2D eigenvalue weighted by Gasteiger charge is -2.17. The van der Waals surface area contributed by atoms with Gasteiger partial charge in [-0.15, -0.1) is 0 Å². The van der Waals surface area contributed by atoms with Gasteiger partial charge in [0.1, 0.15) is 12.4 Å². The van der Waals surface area contributed by atoms with Crippen LogP contribution in [0.25, 0.3) is 22.3 Å². The minimum atomic E-state index is -3.82. The second-order valence-corrected chi connectivity index (χ2v) is 9.65. The second-order valence-electron chi connectivity index (χ2n) is 8.07. The van der Waals surface area contributed by atoms with E-state index in [-0.39, 0.29) is 37.1 Å². The first-order valence-electron chi connectivity index (χ1n) is 10.6. The molecule has 0 radical (unpaired) electrons. The van der Waals surface area contributed by atoms with E-state index >= 15 is 0 Å². The predicted molar refractivity (Wildman–Crippen MR) is 131 cm³/mol. The average molecular weight is 485 g/mol. The van der Waals surface area contributed by atoms with Crippen LogP contribution >= 0.6 is 0 Å². The molecule has 0 aliphatic heterocycles. The molecule has 0 aliphatic rings. The molecular weight excluding hydrogens is 456 g/mol. The Bertz CT molecular complexity index is 1290. The molecule has 3 aromatic rings. The smallest absolute Gasteiger partial charge is 0.306 e. The van der Waals surface area contributed by atoms with E-state index in [1.54, 1.807) is 48.5 Å². The summed E-state index contributed by atoms with van der Waals surface area (Å²) in [6.45, 7) is 3.56. The third-order valence-corrected chi connectivity index (χ3v) is 5.56. The molecular formula is C26H28O7S. The van der Waals surface area contributed by atoms with Gasteiger partial charge in [0.05, 0.1) is 19.5 Å². The Morgan fingerprint density at radius 2 is 1.41 bits per heavy atom. The number of rotatable bonds is 9. The standard InChI is InChI=1S/C26H28O7S/c1-17(2)10-11-32-25-9-6-19(14-26(25)33-34(3,30)31)24-13-20(15-27)23(12-21(24)16-28)18-4-7-22(29)8-5-18/h4-10,12-14,27-29H,11,15-16H2,1-3H3. The van der Waals surface area contributed by atoms with E-state index in [1.165, 1.54) is 6.07 Å². The maximum atomic E-state index is 11.9. The van der Waals surface area contributed by atoms with E-state index < -0.39 is 10.1 Å². The van der Waals surface area contributed by atoms with Gasteiger partial charge in [0, 0.05) is 0 Å². The van der Waals surface area contributed by atoms with E-state index in [4.69, 9.17) is 8.92 Å².